The number of carbonyl (C=O) groups excluding carboxylic acids is 1. The number of hydrogen-bond acceptors (Lipinski definition) is 3. The minimum absolute atomic E-state index is 0.201. The van der Waals surface area contributed by atoms with Crippen LogP contribution in [0.1, 0.15) is 28.4 Å². The highest BCUT2D eigenvalue weighted by molar-refractivity contribution is 8.00. The van der Waals surface area contributed by atoms with Crippen LogP contribution in [0.5, 0.6) is 0 Å². The second-order valence-corrected chi connectivity index (χ2v) is 8.00. The molecule has 1 heterocycles. The van der Waals surface area contributed by atoms with E-state index in [1.54, 1.807) is 11.8 Å². The fraction of sp³-hybridized carbons (Fsp3) is 0.381. The Bertz CT molecular complexity index is 732. The lowest BCUT2D eigenvalue weighted by molar-refractivity contribution is -0.129. The van der Waals surface area contributed by atoms with E-state index in [-0.39, 0.29) is 11.2 Å². The van der Waals surface area contributed by atoms with Crippen molar-refractivity contribution in [2.24, 2.45) is 11.7 Å². The molecule has 0 aromatic heterocycles. The van der Waals surface area contributed by atoms with Gasteiger partial charge in [-0.1, -0.05) is 48.0 Å². The number of hydrogen-bond donors (Lipinski definition) is 1. The molecule has 0 saturated carbocycles. The lowest BCUT2D eigenvalue weighted by Crippen LogP contribution is -2.33. The average molecular weight is 355 g/mol. The van der Waals surface area contributed by atoms with Crippen LogP contribution in [-0.4, -0.2) is 30.4 Å². The Morgan fingerprint density at radius 1 is 1.24 bits per heavy atom. The number of amides is 1. The highest BCUT2D eigenvalue weighted by Gasteiger charge is 2.32. The molecule has 3 rings (SSSR count). The zero-order chi connectivity index (χ0) is 17.8. The number of nitrogens with zero attached hydrogens (tertiary/aromatic N) is 1. The standard InChI is InChI=1S/C21H26N2OS/c1-15-8-9-19(16(2)12-15)25-20(18-6-4-3-5-7-18)21(24)23-11-10-17(13-22)14-23/h3-9,12,17,20H,10-11,13-14,22H2,1-2H3. The van der Waals surface area contributed by atoms with Gasteiger partial charge in [-0.05, 0) is 49.9 Å². The van der Waals surface area contributed by atoms with Crippen molar-refractivity contribution in [1.82, 2.24) is 4.90 Å². The Kier molecular flexibility index (Phi) is 5.82. The molecule has 2 unspecified atom stereocenters. The first kappa shape index (κ1) is 18.0. The molecule has 1 saturated heterocycles. The smallest absolute Gasteiger partial charge is 0.240 e. The van der Waals surface area contributed by atoms with Gasteiger partial charge in [-0.3, -0.25) is 4.79 Å². The maximum absolute atomic E-state index is 13.3. The van der Waals surface area contributed by atoms with E-state index >= 15 is 0 Å². The molecule has 0 spiro atoms. The first-order valence-corrected chi connectivity index (χ1v) is 9.74. The lowest BCUT2D eigenvalue weighted by Gasteiger charge is -2.24. The van der Waals surface area contributed by atoms with Crippen LogP contribution in [0, 0.1) is 19.8 Å². The van der Waals surface area contributed by atoms with E-state index in [1.807, 2.05) is 23.1 Å². The Labute approximate surface area is 154 Å². The molecule has 1 aliphatic heterocycles. The third-order valence-electron chi connectivity index (χ3n) is 4.83. The topological polar surface area (TPSA) is 46.3 Å². The van der Waals surface area contributed by atoms with Crippen LogP contribution in [0.25, 0.3) is 0 Å². The summed E-state index contributed by atoms with van der Waals surface area (Å²) in [5.41, 5.74) is 9.33. The van der Waals surface area contributed by atoms with Gasteiger partial charge >= 0.3 is 0 Å². The minimum atomic E-state index is -0.209. The highest BCUT2D eigenvalue weighted by Crippen LogP contribution is 2.39. The van der Waals surface area contributed by atoms with Gasteiger partial charge in [0, 0.05) is 18.0 Å². The summed E-state index contributed by atoms with van der Waals surface area (Å²) < 4.78 is 0. The van der Waals surface area contributed by atoms with Crippen LogP contribution in [0.2, 0.25) is 0 Å². The summed E-state index contributed by atoms with van der Waals surface area (Å²) in [6.45, 7) is 6.47. The summed E-state index contributed by atoms with van der Waals surface area (Å²) in [6, 6.07) is 16.5. The van der Waals surface area contributed by atoms with Crippen molar-refractivity contribution >= 4 is 17.7 Å². The minimum Gasteiger partial charge on any atom is -0.341 e. The van der Waals surface area contributed by atoms with Gasteiger partial charge in [0.15, 0.2) is 0 Å². The van der Waals surface area contributed by atoms with Gasteiger partial charge in [-0.15, -0.1) is 11.8 Å². The van der Waals surface area contributed by atoms with Crippen molar-refractivity contribution in [3.63, 3.8) is 0 Å². The van der Waals surface area contributed by atoms with Crippen molar-refractivity contribution < 1.29 is 4.79 Å². The van der Waals surface area contributed by atoms with Crippen LogP contribution < -0.4 is 5.73 Å². The summed E-state index contributed by atoms with van der Waals surface area (Å²) in [6.07, 6.45) is 1.01. The molecule has 0 bridgehead atoms. The summed E-state index contributed by atoms with van der Waals surface area (Å²) in [4.78, 5) is 16.4. The third kappa shape index (κ3) is 4.25. The number of likely N-dealkylation sites (tertiary alicyclic amines) is 1. The van der Waals surface area contributed by atoms with Crippen LogP contribution >= 0.6 is 11.8 Å². The Balaban J connectivity index is 1.86. The first-order valence-electron chi connectivity index (χ1n) is 8.86. The maximum atomic E-state index is 13.3. The Morgan fingerprint density at radius 3 is 2.64 bits per heavy atom. The fourth-order valence-electron chi connectivity index (χ4n) is 3.34. The SMILES string of the molecule is Cc1ccc(SC(C(=O)N2CCC(CN)C2)c2ccccc2)c(C)c1. The zero-order valence-corrected chi connectivity index (χ0v) is 15.8. The molecule has 1 amide bonds. The van der Waals surface area contributed by atoms with Crippen LogP contribution in [0.15, 0.2) is 53.4 Å². The number of aryl methyl sites for hydroxylation is 2. The number of nitrogens with two attached hydrogens (primary N) is 1. The number of thioether (sulfide) groups is 1. The molecule has 3 nitrogen and oxygen atoms in total. The van der Waals surface area contributed by atoms with Crippen LogP contribution in [0.3, 0.4) is 0 Å². The molecule has 25 heavy (non-hydrogen) atoms. The molecule has 0 aliphatic carbocycles. The summed E-state index contributed by atoms with van der Waals surface area (Å²) >= 11 is 1.66. The van der Waals surface area contributed by atoms with Crippen molar-refractivity contribution in [2.75, 3.05) is 19.6 Å². The van der Waals surface area contributed by atoms with E-state index < -0.39 is 0 Å². The van der Waals surface area contributed by atoms with E-state index in [9.17, 15) is 4.79 Å². The molecule has 2 N–H and O–H groups in total. The normalized spacial score (nSPS) is 18.4. The summed E-state index contributed by atoms with van der Waals surface area (Å²) in [7, 11) is 0. The highest BCUT2D eigenvalue weighted by atomic mass is 32.2. The van der Waals surface area contributed by atoms with Gasteiger partial charge in [0.2, 0.25) is 5.91 Å². The van der Waals surface area contributed by atoms with Gasteiger partial charge in [0.25, 0.3) is 0 Å². The molecule has 4 heteroatoms. The third-order valence-corrected chi connectivity index (χ3v) is 6.25. The number of rotatable bonds is 5. The van der Waals surface area contributed by atoms with Crippen molar-refractivity contribution in [2.45, 2.75) is 30.4 Å². The molecular formula is C21H26N2OS. The van der Waals surface area contributed by atoms with Gasteiger partial charge in [0.1, 0.15) is 5.25 Å². The predicted molar refractivity (Wildman–Crippen MR) is 105 cm³/mol. The van der Waals surface area contributed by atoms with Crippen molar-refractivity contribution in [1.29, 1.82) is 0 Å². The molecule has 132 valence electrons. The summed E-state index contributed by atoms with van der Waals surface area (Å²) in [5.74, 6) is 0.638. The average Bonchev–Trinajstić information content (AvgIpc) is 3.10. The fourth-order valence-corrected chi connectivity index (χ4v) is 4.53. The van der Waals surface area contributed by atoms with E-state index in [2.05, 4.69) is 44.2 Å². The van der Waals surface area contributed by atoms with E-state index in [0.29, 0.717) is 12.5 Å². The van der Waals surface area contributed by atoms with E-state index in [1.165, 1.54) is 16.0 Å². The van der Waals surface area contributed by atoms with Crippen LogP contribution in [0.4, 0.5) is 0 Å². The maximum Gasteiger partial charge on any atom is 0.240 e. The van der Waals surface area contributed by atoms with Crippen molar-refractivity contribution in [3.05, 3.63) is 65.2 Å². The van der Waals surface area contributed by atoms with Crippen LogP contribution in [-0.2, 0) is 4.79 Å². The molecular weight excluding hydrogens is 328 g/mol. The van der Waals surface area contributed by atoms with Gasteiger partial charge in [-0.25, -0.2) is 0 Å². The Hall–Kier alpha value is -1.78. The summed E-state index contributed by atoms with van der Waals surface area (Å²) in [5, 5.41) is -0.209. The zero-order valence-electron chi connectivity index (χ0n) is 14.9. The van der Waals surface area contributed by atoms with E-state index in [0.717, 1.165) is 25.1 Å². The Morgan fingerprint density at radius 2 is 2.00 bits per heavy atom. The van der Waals surface area contributed by atoms with Crippen molar-refractivity contribution in [3.8, 4) is 0 Å². The number of carbonyl (C=O) groups is 1. The predicted octanol–water partition coefficient (Wildman–Crippen LogP) is 3.94. The largest absolute Gasteiger partial charge is 0.341 e. The monoisotopic (exact) mass is 354 g/mol. The molecule has 2 atom stereocenters. The molecule has 2 aromatic carbocycles. The lowest BCUT2D eigenvalue weighted by atomic mass is 10.1. The van der Waals surface area contributed by atoms with Gasteiger partial charge in [0.05, 0.1) is 0 Å². The van der Waals surface area contributed by atoms with Gasteiger partial charge < -0.3 is 10.6 Å². The van der Waals surface area contributed by atoms with E-state index in [4.69, 9.17) is 5.73 Å². The number of benzene rings is 2. The second-order valence-electron chi connectivity index (χ2n) is 6.85. The molecule has 1 aliphatic rings. The second kappa shape index (κ2) is 8.07. The van der Waals surface area contributed by atoms with Gasteiger partial charge in [-0.2, -0.15) is 0 Å². The molecule has 1 fully saturated rings. The molecule has 2 aromatic rings. The quantitative estimate of drug-likeness (QED) is 0.827. The first-order chi connectivity index (χ1) is 12.1. The molecule has 0 radical (unpaired) electrons.